The molecule has 0 saturated heterocycles. The molecule has 0 aliphatic rings. The van der Waals surface area contributed by atoms with E-state index in [4.69, 9.17) is 22.1 Å². The fourth-order valence-electron chi connectivity index (χ4n) is 1.92. The summed E-state index contributed by atoms with van der Waals surface area (Å²) >= 11 is 7.57. The zero-order valence-corrected chi connectivity index (χ0v) is 12.3. The van der Waals surface area contributed by atoms with E-state index in [1.807, 2.05) is 18.4 Å². The fraction of sp³-hybridized carbons (Fsp3) is 0.143. The molecule has 0 aliphatic heterocycles. The highest BCUT2D eigenvalue weighted by Crippen LogP contribution is 2.34. The summed E-state index contributed by atoms with van der Waals surface area (Å²) in [6.07, 6.45) is 1.50. The van der Waals surface area contributed by atoms with Crippen molar-refractivity contribution >= 4 is 33.2 Å². The maximum atomic E-state index is 6.01. The van der Waals surface area contributed by atoms with Gasteiger partial charge in [0, 0.05) is 17.1 Å². The van der Waals surface area contributed by atoms with Gasteiger partial charge < -0.3 is 10.5 Å². The molecule has 1 aromatic carbocycles. The van der Waals surface area contributed by atoms with E-state index in [0.29, 0.717) is 23.2 Å². The molecule has 102 valence electrons. The Kier molecular flexibility index (Phi) is 3.56. The Hall–Kier alpha value is -1.69. The van der Waals surface area contributed by atoms with Crippen LogP contribution >= 0.6 is 22.9 Å². The monoisotopic (exact) mass is 305 g/mol. The van der Waals surface area contributed by atoms with Crippen molar-refractivity contribution in [3.05, 3.63) is 46.1 Å². The highest BCUT2D eigenvalue weighted by molar-refractivity contribution is 7.17. The molecule has 0 unspecified atom stereocenters. The summed E-state index contributed by atoms with van der Waals surface area (Å²) in [4.78, 5) is 8.49. The smallest absolute Gasteiger partial charge is 0.240 e. The van der Waals surface area contributed by atoms with Gasteiger partial charge in [0.1, 0.15) is 16.8 Å². The lowest BCUT2D eigenvalue weighted by molar-refractivity contribution is 0.463. The van der Waals surface area contributed by atoms with Crippen LogP contribution in [0.15, 0.2) is 29.9 Å². The Morgan fingerprint density at radius 1 is 1.35 bits per heavy atom. The summed E-state index contributed by atoms with van der Waals surface area (Å²) in [6.45, 7) is 2.39. The van der Waals surface area contributed by atoms with E-state index in [9.17, 15) is 0 Å². The maximum Gasteiger partial charge on any atom is 0.240 e. The lowest BCUT2D eigenvalue weighted by atomic mass is 10.2. The minimum absolute atomic E-state index is 0.379. The predicted molar refractivity (Wildman–Crippen MR) is 81.6 cm³/mol. The Labute approximate surface area is 125 Å². The number of benzene rings is 1. The summed E-state index contributed by atoms with van der Waals surface area (Å²) in [6, 6.07) is 5.40. The number of aryl methyl sites for hydroxylation is 1. The number of nitrogens with two attached hydrogens (primary N) is 1. The largest absolute Gasteiger partial charge is 0.437 e. The second-order valence-corrected chi connectivity index (χ2v) is 5.65. The van der Waals surface area contributed by atoms with Gasteiger partial charge in [-0.2, -0.15) is 0 Å². The summed E-state index contributed by atoms with van der Waals surface area (Å²) < 4.78 is 6.83. The summed E-state index contributed by atoms with van der Waals surface area (Å²) in [7, 11) is 0. The molecule has 2 N–H and O–H groups in total. The number of nitrogens with zero attached hydrogens (tertiary/aromatic N) is 2. The molecular weight excluding hydrogens is 294 g/mol. The number of hydrogen-bond acceptors (Lipinski definition) is 5. The van der Waals surface area contributed by atoms with Gasteiger partial charge in [-0.1, -0.05) is 17.7 Å². The molecule has 3 aromatic rings. The van der Waals surface area contributed by atoms with Crippen molar-refractivity contribution < 1.29 is 4.74 Å². The molecule has 0 radical (unpaired) electrons. The van der Waals surface area contributed by atoms with Crippen molar-refractivity contribution in [2.75, 3.05) is 0 Å². The van der Waals surface area contributed by atoms with E-state index in [1.54, 1.807) is 23.5 Å². The normalized spacial score (nSPS) is 10.9. The SMILES string of the molecule is Cc1csc2c(Oc3cc(Cl)ccc3CN)ncnc12. The van der Waals surface area contributed by atoms with Crippen LogP contribution in [0.4, 0.5) is 0 Å². The van der Waals surface area contributed by atoms with Crippen molar-refractivity contribution in [1.82, 2.24) is 9.97 Å². The first-order chi connectivity index (χ1) is 9.69. The number of thiophene rings is 1. The fourth-order valence-corrected chi connectivity index (χ4v) is 3.01. The highest BCUT2D eigenvalue weighted by Gasteiger charge is 2.12. The van der Waals surface area contributed by atoms with Gasteiger partial charge in [-0.25, -0.2) is 9.97 Å². The van der Waals surface area contributed by atoms with Crippen LogP contribution in [-0.2, 0) is 6.54 Å². The minimum atomic E-state index is 0.379. The van der Waals surface area contributed by atoms with E-state index in [-0.39, 0.29) is 0 Å². The third-order valence-corrected chi connectivity index (χ3v) is 4.26. The first-order valence-corrected chi connectivity index (χ1v) is 7.30. The Balaban J connectivity index is 2.07. The maximum absolute atomic E-state index is 6.01. The topological polar surface area (TPSA) is 61.0 Å². The van der Waals surface area contributed by atoms with E-state index in [0.717, 1.165) is 21.3 Å². The Bertz CT molecular complexity index is 772. The van der Waals surface area contributed by atoms with Gasteiger partial charge in [0.2, 0.25) is 5.88 Å². The molecule has 0 atom stereocenters. The standard InChI is InChI=1S/C14H12ClN3OS/c1-8-6-20-13-12(8)17-7-18-14(13)19-11-4-10(15)3-2-9(11)5-16/h2-4,6-7H,5,16H2,1H3. The summed E-state index contributed by atoms with van der Waals surface area (Å²) in [5.41, 5.74) is 8.63. The third kappa shape index (κ3) is 2.35. The van der Waals surface area contributed by atoms with E-state index >= 15 is 0 Å². The van der Waals surface area contributed by atoms with Gasteiger partial charge in [0.25, 0.3) is 0 Å². The van der Waals surface area contributed by atoms with Gasteiger partial charge in [-0.15, -0.1) is 11.3 Å². The molecular formula is C14H12ClN3OS. The quantitative estimate of drug-likeness (QED) is 0.797. The van der Waals surface area contributed by atoms with Gasteiger partial charge in [0.05, 0.1) is 5.52 Å². The molecule has 3 rings (SSSR count). The third-order valence-electron chi connectivity index (χ3n) is 2.95. The van der Waals surface area contributed by atoms with Crippen LogP contribution in [0.3, 0.4) is 0 Å². The predicted octanol–water partition coefficient (Wildman–Crippen LogP) is 3.90. The van der Waals surface area contributed by atoms with Crippen molar-refractivity contribution in [3.8, 4) is 11.6 Å². The number of hydrogen-bond donors (Lipinski definition) is 1. The highest BCUT2D eigenvalue weighted by atomic mass is 35.5. The molecule has 4 nitrogen and oxygen atoms in total. The van der Waals surface area contributed by atoms with Gasteiger partial charge >= 0.3 is 0 Å². The Morgan fingerprint density at radius 3 is 3.00 bits per heavy atom. The average molecular weight is 306 g/mol. The Morgan fingerprint density at radius 2 is 2.20 bits per heavy atom. The van der Waals surface area contributed by atoms with Crippen LogP contribution < -0.4 is 10.5 Å². The van der Waals surface area contributed by atoms with Crippen molar-refractivity contribution in [2.45, 2.75) is 13.5 Å². The number of aromatic nitrogens is 2. The van der Waals surface area contributed by atoms with E-state index in [1.165, 1.54) is 6.33 Å². The number of fused-ring (bicyclic) bond motifs is 1. The van der Waals surface area contributed by atoms with E-state index < -0.39 is 0 Å². The van der Waals surface area contributed by atoms with Crippen LogP contribution in [0.5, 0.6) is 11.6 Å². The number of rotatable bonds is 3. The summed E-state index contributed by atoms with van der Waals surface area (Å²) in [5.74, 6) is 1.16. The van der Waals surface area contributed by atoms with Gasteiger partial charge in [-0.3, -0.25) is 0 Å². The van der Waals surface area contributed by atoms with Crippen LogP contribution in [0.2, 0.25) is 5.02 Å². The van der Waals surface area contributed by atoms with Gasteiger partial charge in [0.15, 0.2) is 0 Å². The molecule has 6 heteroatoms. The van der Waals surface area contributed by atoms with Crippen LogP contribution in [0, 0.1) is 6.92 Å². The molecule has 0 amide bonds. The lowest BCUT2D eigenvalue weighted by Crippen LogP contribution is -2.00. The van der Waals surface area contributed by atoms with Crippen LogP contribution in [0.1, 0.15) is 11.1 Å². The second kappa shape index (κ2) is 5.36. The first kappa shape index (κ1) is 13.3. The molecule has 0 aliphatic carbocycles. The van der Waals surface area contributed by atoms with Crippen molar-refractivity contribution in [1.29, 1.82) is 0 Å². The van der Waals surface area contributed by atoms with Crippen molar-refractivity contribution in [3.63, 3.8) is 0 Å². The molecule has 0 spiro atoms. The van der Waals surface area contributed by atoms with Crippen LogP contribution in [-0.4, -0.2) is 9.97 Å². The minimum Gasteiger partial charge on any atom is -0.437 e. The molecule has 2 heterocycles. The second-order valence-electron chi connectivity index (χ2n) is 4.33. The van der Waals surface area contributed by atoms with Gasteiger partial charge in [-0.05, 0) is 30.0 Å². The molecule has 0 fully saturated rings. The van der Waals surface area contributed by atoms with E-state index in [2.05, 4.69) is 9.97 Å². The lowest BCUT2D eigenvalue weighted by Gasteiger charge is -2.10. The number of halogens is 1. The molecule has 20 heavy (non-hydrogen) atoms. The summed E-state index contributed by atoms with van der Waals surface area (Å²) in [5, 5.41) is 2.64. The zero-order valence-electron chi connectivity index (χ0n) is 10.8. The average Bonchev–Trinajstić information content (AvgIpc) is 2.82. The molecule has 0 bridgehead atoms. The number of ether oxygens (including phenoxy) is 1. The molecule has 0 saturated carbocycles. The zero-order chi connectivity index (χ0) is 14.1. The van der Waals surface area contributed by atoms with Crippen LogP contribution in [0.25, 0.3) is 10.2 Å². The van der Waals surface area contributed by atoms with Crippen molar-refractivity contribution in [2.24, 2.45) is 5.73 Å². The molecule has 2 aromatic heterocycles. The first-order valence-electron chi connectivity index (χ1n) is 6.04.